The van der Waals surface area contributed by atoms with Gasteiger partial charge in [0.25, 0.3) is 0 Å². The van der Waals surface area contributed by atoms with Crippen molar-refractivity contribution in [2.75, 3.05) is 34.4 Å². The van der Waals surface area contributed by atoms with Gasteiger partial charge >= 0.3 is 0 Å². The highest BCUT2D eigenvalue weighted by atomic mass is 35.5. The maximum absolute atomic E-state index is 12.6. The van der Waals surface area contributed by atoms with Gasteiger partial charge in [-0.05, 0) is 36.3 Å². The summed E-state index contributed by atoms with van der Waals surface area (Å²) in [5.74, 6) is 1.87. The van der Waals surface area contributed by atoms with Gasteiger partial charge in [0.2, 0.25) is 5.91 Å². The largest absolute Gasteiger partial charge is 0.496 e. The molecule has 0 N–H and O–H groups in total. The third-order valence-corrected chi connectivity index (χ3v) is 5.58. The molecular weight excluding hydrogens is 418 g/mol. The first kappa shape index (κ1) is 22.7. The minimum Gasteiger partial charge on any atom is -0.496 e. The molecule has 1 aliphatic heterocycles. The van der Waals surface area contributed by atoms with E-state index < -0.39 is 0 Å². The van der Waals surface area contributed by atoms with Crippen LogP contribution in [0.25, 0.3) is 5.57 Å². The second-order valence-electron chi connectivity index (χ2n) is 7.16. The molecule has 7 heteroatoms. The Morgan fingerprint density at radius 1 is 0.968 bits per heavy atom. The zero-order valence-corrected chi connectivity index (χ0v) is 18.7. The molecule has 0 radical (unpaired) electrons. The molecule has 0 aromatic heterocycles. The standard InChI is InChI=1S/C24H26ClNO5/c1-29-19-14-21(30-2)24(22(15-19)31-3)17-10-12-26(13-11-17)23(28)9-8-20(27)16-4-6-18(25)7-5-16/h4-7,10,14-15H,8-9,11-13H2,1-3H3. The number of Topliss-reactive ketones (excluding diaryl/α,β-unsaturated/α-hetero) is 1. The van der Waals surface area contributed by atoms with Crippen LogP contribution in [-0.4, -0.2) is 51.0 Å². The molecule has 1 heterocycles. The lowest BCUT2D eigenvalue weighted by Gasteiger charge is -2.28. The van der Waals surface area contributed by atoms with Crippen LogP contribution in [0.4, 0.5) is 0 Å². The first-order valence-corrected chi connectivity index (χ1v) is 10.4. The van der Waals surface area contributed by atoms with Crippen LogP contribution < -0.4 is 14.2 Å². The van der Waals surface area contributed by atoms with Crippen LogP contribution in [0.15, 0.2) is 42.5 Å². The van der Waals surface area contributed by atoms with Gasteiger partial charge in [0, 0.05) is 48.6 Å². The van der Waals surface area contributed by atoms with Crippen LogP contribution in [0.5, 0.6) is 17.2 Å². The highest BCUT2D eigenvalue weighted by Crippen LogP contribution is 2.40. The molecule has 3 rings (SSSR count). The number of carbonyl (C=O) groups excluding carboxylic acids is 2. The number of ketones is 1. The monoisotopic (exact) mass is 443 g/mol. The lowest BCUT2D eigenvalue weighted by Crippen LogP contribution is -2.34. The van der Waals surface area contributed by atoms with E-state index in [4.69, 9.17) is 25.8 Å². The predicted octanol–water partition coefficient (Wildman–Crippen LogP) is 4.64. The maximum atomic E-state index is 12.6. The summed E-state index contributed by atoms with van der Waals surface area (Å²) in [6.07, 6.45) is 3.03. The van der Waals surface area contributed by atoms with Crippen LogP contribution >= 0.6 is 11.6 Å². The summed E-state index contributed by atoms with van der Waals surface area (Å²) in [7, 11) is 4.80. The van der Waals surface area contributed by atoms with Gasteiger partial charge in [-0.3, -0.25) is 9.59 Å². The number of methoxy groups -OCH3 is 3. The van der Waals surface area contributed by atoms with Crippen molar-refractivity contribution < 1.29 is 23.8 Å². The fraction of sp³-hybridized carbons (Fsp3) is 0.333. The van der Waals surface area contributed by atoms with Gasteiger partial charge in [-0.15, -0.1) is 0 Å². The van der Waals surface area contributed by atoms with E-state index in [9.17, 15) is 9.59 Å². The third kappa shape index (κ3) is 5.39. The van der Waals surface area contributed by atoms with Crippen LogP contribution in [0, 0.1) is 0 Å². The summed E-state index contributed by atoms with van der Waals surface area (Å²) in [5, 5.41) is 0.577. The van der Waals surface area contributed by atoms with Gasteiger partial charge in [-0.25, -0.2) is 0 Å². The van der Waals surface area contributed by atoms with E-state index in [-0.39, 0.29) is 24.5 Å². The highest BCUT2D eigenvalue weighted by molar-refractivity contribution is 6.30. The molecule has 0 fully saturated rings. The molecule has 1 amide bonds. The fourth-order valence-electron chi connectivity index (χ4n) is 3.60. The molecule has 164 valence electrons. The Morgan fingerprint density at radius 2 is 1.61 bits per heavy atom. The molecule has 31 heavy (non-hydrogen) atoms. The van der Waals surface area contributed by atoms with Gasteiger partial charge in [0.05, 0.1) is 26.9 Å². The van der Waals surface area contributed by atoms with E-state index in [1.54, 1.807) is 50.5 Å². The lowest BCUT2D eigenvalue weighted by molar-refractivity contribution is -0.130. The Balaban J connectivity index is 1.65. The second kappa shape index (κ2) is 10.4. The van der Waals surface area contributed by atoms with E-state index >= 15 is 0 Å². The van der Waals surface area contributed by atoms with Crippen molar-refractivity contribution >= 4 is 28.9 Å². The van der Waals surface area contributed by atoms with Crippen LogP contribution in [-0.2, 0) is 4.79 Å². The first-order chi connectivity index (χ1) is 15.0. The molecular formula is C24H26ClNO5. The number of benzene rings is 2. The molecule has 0 saturated heterocycles. The summed E-state index contributed by atoms with van der Waals surface area (Å²) in [4.78, 5) is 26.7. The average Bonchev–Trinajstić information content (AvgIpc) is 2.81. The van der Waals surface area contributed by atoms with E-state index in [0.29, 0.717) is 47.3 Å². The summed E-state index contributed by atoms with van der Waals surface area (Å²) >= 11 is 5.86. The molecule has 0 unspecified atom stereocenters. The van der Waals surface area contributed by atoms with Crippen molar-refractivity contribution in [1.82, 2.24) is 4.90 Å². The molecule has 0 spiro atoms. The van der Waals surface area contributed by atoms with E-state index in [2.05, 4.69) is 0 Å². The average molecular weight is 444 g/mol. The normalized spacial score (nSPS) is 13.4. The van der Waals surface area contributed by atoms with Crippen molar-refractivity contribution in [3.63, 3.8) is 0 Å². The number of nitrogens with zero attached hydrogens (tertiary/aromatic N) is 1. The molecule has 6 nitrogen and oxygen atoms in total. The smallest absolute Gasteiger partial charge is 0.223 e. The summed E-state index contributed by atoms with van der Waals surface area (Å²) in [6, 6.07) is 10.4. The molecule has 2 aromatic carbocycles. The maximum Gasteiger partial charge on any atom is 0.223 e. The van der Waals surface area contributed by atoms with Crippen molar-refractivity contribution in [1.29, 1.82) is 0 Å². The van der Waals surface area contributed by atoms with Gasteiger partial charge in [-0.2, -0.15) is 0 Å². The fourth-order valence-corrected chi connectivity index (χ4v) is 3.73. The number of hydrogen-bond acceptors (Lipinski definition) is 5. The van der Waals surface area contributed by atoms with E-state index in [1.807, 2.05) is 18.2 Å². The molecule has 1 aliphatic rings. The second-order valence-corrected chi connectivity index (χ2v) is 7.59. The minimum atomic E-state index is -0.0639. The Kier molecular flexibility index (Phi) is 7.58. The number of amides is 1. The third-order valence-electron chi connectivity index (χ3n) is 5.33. The number of halogens is 1. The molecule has 0 saturated carbocycles. The SMILES string of the molecule is COc1cc(OC)c(C2=CCN(C(=O)CCC(=O)c3ccc(Cl)cc3)CC2)c(OC)c1. The number of hydrogen-bond donors (Lipinski definition) is 0. The van der Waals surface area contributed by atoms with Crippen molar-refractivity contribution in [2.24, 2.45) is 0 Å². The number of rotatable bonds is 8. The zero-order valence-electron chi connectivity index (χ0n) is 17.9. The van der Waals surface area contributed by atoms with Crippen LogP contribution in [0.2, 0.25) is 5.02 Å². The summed E-state index contributed by atoms with van der Waals surface area (Å²) in [5.41, 5.74) is 2.49. The first-order valence-electron chi connectivity index (χ1n) is 10.0. The van der Waals surface area contributed by atoms with Crippen molar-refractivity contribution in [3.05, 3.63) is 58.6 Å². The van der Waals surface area contributed by atoms with Crippen molar-refractivity contribution in [3.8, 4) is 17.2 Å². The van der Waals surface area contributed by atoms with Gasteiger partial charge in [0.15, 0.2) is 5.78 Å². The number of ether oxygens (including phenoxy) is 3. The van der Waals surface area contributed by atoms with Crippen LogP contribution in [0.1, 0.15) is 35.2 Å². The Bertz CT molecular complexity index is 959. The van der Waals surface area contributed by atoms with Gasteiger partial charge in [0.1, 0.15) is 17.2 Å². The number of carbonyl (C=O) groups is 2. The van der Waals surface area contributed by atoms with Gasteiger partial charge < -0.3 is 19.1 Å². The molecule has 0 atom stereocenters. The van der Waals surface area contributed by atoms with Crippen LogP contribution in [0.3, 0.4) is 0 Å². The zero-order chi connectivity index (χ0) is 22.4. The van der Waals surface area contributed by atoms with E-state index in [1.165, 1.54) is 0 Å². The predicted molar refractivity (Wildman–Crippen MR) is 120 cm³/mol. The Hall–Kier alpha value is -2.99. The summed E-state index contributed by atoms with van der Waals surface area (Å²) in [6.45, 7) is 1.04. The molecule has 0 aliphatic carbocycles. The Labute approximate surface area is 187 Å². The quantitative estimate of drug-likeness (QED) is 0.556. The van der Waals surface area contributed by atoms with E-state index in [0.717, 1.165) is 11.1 Å². The summed E-state index contributed by atoms with van der Waals surface area (Å²) < 4.78 is 16.4. The highest BCUT2D eigenvalue weighted by Gasteiger charge is 2.23. The molecule has 2 aromatic rings. The Morgan fingerprint density at radius 3 is 2.13 bits per heavy atom. The van der Waals surface area contributed by atoms with Crippen molar-refractivity contribution in [2.45, 2.75) is 19.3 Å². The topological polar surface area (TPSA) is 65.1 Å². The van der Waals surface area contributed by atoms with Gasteiger partial charge in [-0.1, -0.05) is 17.7 Å². The lowest BCUT2D eigenvalue weighted by atomic mass is 9.96. The molecule has 0 bridgehead atoms. The minimum absolute atomic E-state index is 0.0359.